The van der Waals surface area contributed by atoms with Gasteiger partial charge in [-0.3, -0.25) is 0 Å². The van der Waals surface area contributed by atoms with Crippen LogP contribution in [0.1, 0.15) is 27.7 Å². The van der Waals surface area contributed by atoms with Crippen LogP contribution in [0, 0.1) is 0 Å². The van der Waals surface area contributed by atoms with Crippen molar-refractivity contribution < 1.29 is 0 Å². The summed E-state index contributed by atoms with van der Waals surface area (Å²) in [6.45, 7) is 9.69. The highest BCUT2D eigenvalue weighted by molar-refractivity contribution is 5.04. The van der Waals surface area contributed by atoms with Gasteiger partial charge in [-0.25, -0.2) is 0 Å². The zero-order valence-electron chi connectivity index (χ0n) is 7.15. The second-order valence-electron chi connectivity index (χ2n) is 2.60. The molecule has 0 aliphatic carbocycles. The van der Waals surface area contributed by atoms with Gasteiger partial charge in [-0.1, -0.05) is 5.57 Å². The van der Waals surface area contributed by atoms with Gasteiger partial charge >= 0.3 is 0 Å². The van der Waals surface area contributed by atoms with Gasteiger partial charge in [-0.05, 0) is 27.7 Å². The Morgan fingerprint density at radius 1 is 1.22 bits per heavy atom. The lowest BCUT2D eigenvalue weighted by molar-refractivity contribution is 0.438. The van der Waals surface area contributed by atoms with Crippen LogP contribution in [0.3, 0.4) is 0 Å². The van der Waals surface area contributed by atoms with Crippen molar-refractivity contribution in [2.24, 2.45) is 0 Å². The number of nitrogens with zero attached hydrogens (tertiary/aromatic N) is 1. The summed E-state index contributed by atoms with van der Waals surface area (Å²) in [5, 5.41) is 0. The van der Waals surface area contributed by atoms with E-state index in [1.807, 2.05) is 0 Å². The molecule has 0 atom stereocenters. The minimum absolute atomic E-state index is 1.09. The molecule has 0 saturated carbocycles. The molecule has 0 aromatic heterocycles. The van der Waals surface area contributed by atoms with Crippen LogP contribution in [-0.4, -0.2) is 18.5 Å². The highest BCUT2D eigenvalue weighted by atomic mass is 15.1. The highest BCUT2D eigenvalue weighted by Gasteiger charge is 1.94. The average Bonchev–Trinajstić information content (AvgIpc) is 1.84. The summed E-state index contributed by atoms with van der Waals surface area (Å²) >= 11 is 0. The summed E-state index contributed by atoms with van der Waals surface area (Å²) in [6.07, 6.45) is 0. The highest BCUT2D eigenvalue weighted by Crippen LogP contribution is 2.04. The van der Waals surface area contributed by atoms with Crippen molar-refractivity contribution in [1.29, 1.82) is 0 Å². The largest absolute Gasteiger partial charge is 0.378 e. The normalized spacial score (nSPS) is 9.00. The van der Waals surface area contributed by atoms with E-state index in [1.54, 1.807) is 0 Å². The number of allylic oxidation sites excluding steroid dienone is 2. The predicted molar refractivity (Wildman–Crippen MR) is 42.4 cm³/mol. The topological polar surface area (TPSA) is 3.24 Å². The van der Waals surface area contributed by atoms with Crippen molar-refractivity contribution in [1.82, 2.24) is 4.90 Å². The van der Waals surface area contributed by atoms with Gasteiger partial charge in [0.15, 0.2) is 0 Å². The average molecular weight is 127 g/mol. The Bertz CT molecular complexity index is 110. The van der Waals surface area contributed by atoms with E-state index in [0.29, 0.717) is 0 Å². The first-order valence-corrected chi connectivity index (χ1v) is 3.44. The summed E-state index contributed by atoms with van der Waals surface area (Å²) in [7, 11) is 2.11. The molecule has 0 unspecified atom stereocenters. The van der Waals surface area contributed by atoms with E-state index in [2.05, 4.69) is 39.6 Å². The molecular formula is C8H17N. The van der Waals surface area contributed by atoms with E-state index in [-0.39, 0.29) is 0 Å². The molecule has 0 rings (SSSR count). The van der Waals surface area contributed by atoms with Crippen LogP contribution in [0.4, 0.5) is 0 Å². The van der Waals surface area contributed by atoms with Gasteiger partial charge in [0.05, 0.1) is 0 Å². The van der Waals surface area contributed by atoms with Gasteiger partial charge in [0.2, 0.25) is 0 Å². The molecule has 0 spiro atoms. The molecular weight excluding hydrogens is 110 g/mol. The van der Waals surface area contributed by atoms with E-state index < -0.39 is 0 Å². The first-order chi connectivity index (χ1) is 4.09. The molecule has 0 aromatic carbocycles. The van der Waals surface area contributed by atoms with Crippen LogP contribution in [0.5, 0.6) is 0 Å². The summed E-state index contributed by atoms with van der Waals surface area (Å²) in [5.41, 5.74) is 2.79. The Labute approximate surface area is 58.4 Å². The molecule has 0 bridgehead atoms. The second-order valence-corrected chi connectivity index (χ2v) is 2.60. The van der Waals surface area contributed by atoms with Gasteiger partial charge in [0, 0.05) is 19.3 Å². The molecule has 0 N–H and O–H groups in total. The van der Waals surface area contributed by atoms with Crippen LogP contribution in [0.2, 0.25) is 0 Å². The Morgan fingerprint density at radius 3 is 1.78 bits per heavy atom. The van der Waals surface area contributed by atoms with Crippen molar-refractivity contribution in [3.05, 3.63) is 11.3 Å². The third-order valence-corrected chi connectivity index (χ3v) is 1.77. The van der Waals surface area contributed by atoms with Gasteiger partial charge < -0.3 is 4.90 Å². The minimum Gasteiger partial charge on any atom is -0.378 e. The Morgan fingerprint density at radius 2 is 1.67 bits per heavy atom. The maximum atomic E-state index is 2.25. The Kier molecular flexibility index (Phi) is 3.36. The van der Waals surface area contributed by atoms with E-state index in [9.17, 15) is 0 Å². The van der Waals surface area contributed by atoms with Gasteiger partial charge in [-0.2, -0.15) is 0 Å². The lowest BCUT2D eigenvalue weighted by Gasteiger charge is -2.18. The summed E-state index contributed by atoms with van der Waals surface area (Å²) in [6, 6.07) is 0. The van der Waals surface area contributed by atoms with E-state index in [4.69, 9.17) is 0 Å². The van der Waals surface area contributed by atoms with Crippen molar-refractivity contribution in [3.63, 3.8) is 0 Å². The molecule has 1 heteroatoms. The zero-order valence-corrected chi connectivity index (χ0v) is 7.15. The lowest BCUT2D eigenvalue weighted by Crippen LogP contribution is -2.15. The number of rotatable bonds is 2. The third-order valence-electron chi connectivity index (χ3n) is 1.77. The monoisotopic (exact) mass is 127 g/mol. The molecule has 0 saturated heterocycles. The van der Waals surface area contributed by atoms with Gasteiger partial charge in [-0.15, -0.1) is 0 Å². The maximum absolute atomic E-state index is 2.25. The Balaban J connectivity index is 4.02. The number of hydrogen-bond donors (Lipinski definition) is 0. The molecule has 0 aliphatic heterocycles. The standard InChI is InChI=1S/C8H17N/c1-6-9(5)8(4)7(2)3/h6H2,1-5H3. The molecule has 0 amide bonds. The van der Waals surface area contributed by atoms with Gasteiger partial charge in [0.1, 0.15) is 0 Å². The first-order valence-electron chi connectivity index (χ1n) is 3.44. The number of hydrogen-bond acceptors (Lipinski definition) is 1. The molecule has 0 aliphatic rings. The van der Waals surface area contributed by atoms with Crippen LogP contribution < -0.4 is 0 Å². The fraction of sp³-hybridized carbons (Fsp3) is 0.750. The van der Waals surface area contributed by atoms with Crippen molar-refractivity contribution in [3.8, 4) is 0 Å². The Hall–Kier alpha value is -0.460. The first kappa shape index (κ1) is 8.54. The smallest absolute Gasteiger partial charge is 0.0143 e. The van der Waals surface area contributed by atoms with Crippen LogP contribution >= 0.6 is 0 Å². The van der Waals surface area contributed by atoms with E-state index in [1.165, 1.54) is 11.3 Å². The maximum Gasteiger partial charge on any atom is 0.0143 e. The van der Waals surface area contributed by atoms with E-state index in [0.717, 1.165) is 6.54 Å². The predicted octanol–water partition coefficient (Wildman–Crippen LogP) is 2.25. The van der Waals surface area contributed by atoms with E-state index >= 15 is 0 Å². The molecule has 54 valence electrons. The van der Waals surface area contributed by atoms with Crippen molar-refractivity contribution in [2.75, 3.05) is 13.6 Å². The molecule has 0 heterocycles. The van der Waals surface area contributed by atoms with Gasteiger partial charge in [0.25, 0.3) is 0 Å². The summed E-state index contributed by atoms with van der Waals surface area (Å²) < 4.78 is 0. The zero-order chi connectivity index (χ0) is 7.44. The second kappa shape index (κ2) is 3.54. The molecule has 0 radical (unpaired) electrons. The third kappa shape index (κ3) is 2.54. The molecule has 0 fully saturated rings. The van der Waals surface area contributed by atoms with Crippen molar-refractivity contribution in [2.45, 2.75) is 27.7 Å². The minimum atomic E-state index is 1.09. The van der Waals surface area contributed by atoms with Crippen LogP contribution in [0.15, 0.2) is 11.3 Å². The SMILES string of the molecule is CCN(C)C(C)=C(C)C. The van der Waals surface area contributed by atoms with Crippen molar-refractivity contribution >= 4 is 0 Å². The molecule has 1 nitrogen and oxygen atoms in total. The van der Waals surface area contributed by atoms with Crippen LogP contribution in [0.25, 0.3) is 0 Å². The summed E-state index contributed by atoms with van der Waals surface area (Å²) in [5.74, 6) is 0. The molecule has 9 heavy (non-hydrogen) atoms. The quantitative estimate of drug-likeness (QED) is 0.550. The lowest BCUT2D eigenvalue weighted by atomic mass is 10.2. The fourth-order valence-electron chi connectivity index (χ4n) is 0.619. The fourth-order valence-corrected chi connectivity index (χ4v) is 0.619. The molecule has 0 aromatic rings. The summed E-state index contributed by atoms with van der Waals surface area (Å²) in [4.78, 5) is 2.25. The van der Waals surface area contributed by atoms with Crippen LogP contribution in [-0.2, 0) is 0 Å².